The summed E-state index contributed by atoms with van der Waals surface area (Å²) in [5, 5.41) is 7.44. The molecule has 2 aromatic carbocycles. The van der Waals surface area contributed by atoms with Crippen LogP contribution in [-0.2, 0) is 11.2 Å². The Balaban J connectivity index is 1.57. The van der Waals surface area contributed by atoms with Crippen molar-refractivity contribution in [1.82, 2.24) is 4.98 Å². The second-order valence-corrected chi connectivity index (χ2v) is 7.52. The predicted molar refractivity (Wildman–Crippen MR) is 111 cm³/mol. The summed E-state index contributed by atoms with van der Waals surface area (Å²) >= 11 is 13.7. The zero-order valence-electron chi connectivity index (χ0n) is 14.5. The molecule has 2 N–H and O–H groups in total. The monoisotopic (exact) mass is 421 g/mol. The molecule has 1 amide bonds. The number of amides is 1. The standard InChI is InChI=1S/C19H17Cl2N3O2S/c1-26-16-8-3-2-7-15(16)22-11-17(25)24-19-23-10-13(27-19)9-12-5-4-6-14(20)18(12)21/h2-8,10,22H,9,11H2,1H3,(H,23,24,25). The summed E-state index contributed by atoms with van der Waals surface area (Å²) in [4.78, 5) is 17.4. The molecule has 0 spiro atoms. The van der Waals surface area contributed by atoms with E-state index < -0.39 is 0 Å². The van der Waals surface area contributed by atoms with E-state index in [1.165, 1.54) is 11.3 Å². The first-order valence-electron chi connectivity index (χ1n) is 8.11. The molecule has 0 unspecified atom stereocenters. The van der Waals surface area contributed by atoms with Crippen LogP contribution in [0.5, 0.6) is 5.75 Å². The van der Waals surface area contributed by atoms with E-state index in [0.29, 0.717) is 27.3 Å². The molecule has 0 aliphatic rings. The maximum absolute atomic E-state index is 12.2. The number of aromatic nitrogens is 1. The number of carbonyl (C=O) groups excluding carboxylic acids is 1. The van der Waals surface area contributed by atoms with Crippen molar-refractivity contribution in [2.24, 2.45) is 0 Å². The number of benzene rings is 2. The Morgan fingerprint density at radius 1 is 1.19 bits per heavy atom. The van der Waals surface area contributed by atoms with E-state index in [-0.39, 0.29) is 12.5 Å². The molecule has 0 aliphatic heterocycles. The van der Waals surface area contributed by atoms with E-state index in [0.717, 1.165) is 16.1 Å². The largest absolute Gasteiger partial charge is 0.495 e. The van der Waals surface area contributed by atoms with Gasteiger partial charge in [-0.25, -0.2) is 4.98 Å². The molecule has 8 heteroatoms. The van der Waals surface area contributed by atoms with Crippen molar-refractivity contribution in [3.05, 3.63) is 69.1 Å². The van der Waals surface area contributed by atoms with Crippen LogP contribution in [0, 0.1) is 0 Å². The third-order valence-corrected chi connectivity index (χ3v) is 5.51. The average molecular weight is 422 g/mol. The first-order chi connectivity index (χ1) is 13.1. The number of methoxy groups -OCH3 is 1. The Bertz CT molecular complexity index is 946. The lowest BCUT2D eigenvalue weighted by atomic mass is 10.1. The molecule has 1 aromatic heterocycles. The van der Waals surface area contributed by atoms with E-state index in [4.69, 9.17) is 27.9 Å². The fraction of sp³-hybridized carbons (Fsp3) is 0.158. The zero-order valence-corrected chi connectivity index (χ0v) is 16.8. The van der Waals surface area contributed by atoms with Crippen LogP contribution >= 0.6 is 34.5 Å². The fourth-order valence-corrected chi connectivity index (χ4v) is 3.69. The van der Waals surface area contributed by atoms with Gasteiger partial charge in [0.25, 0.3) is 0 Å². The maximum atomic E-state index is 12.2. The van der Waals surface area contributed by atoms with E-state index in [9.17, 15) is 4.79 Å². The lowest BCUT2D eigenvalue weighted by Crippen LogP contribution is -2.21. The highest BCUT2D eigenvalue weighted by Crippen LogP contribution is 2.29. The molecule has 3 aromatic rings. The SMILES string of the molecule is COc1ccccc1NCC(=O)Nc1ncc(Cc2cccc(Cl)c2Cl)s1. The third-order valence-electron chi connectivity index (χ3n) is 3.74. The molecule has 0 saturated heterocycles. The van der Waals surface area contributed by atoms with Gasteiger partial charge >= 0.3 is 0 Å². The van der Waals surface area contributed by atoms with Crippen molar-refractivity contribution >= 4 is 51.3 Å². The van der Waals surface area contributed by atoms with Gasteiger partial charge in [0.05, 0.1) is 29.4 Å². The van der Waals surface area contributed by atoms with Crippen LogP contribution in [-0.4, -0.2) is 24.5 Å². The number of nitrogens with one attached hydrogen (secondary N) is 2. The zero-order chi connectivity index (χ0) is 19.2. The Morgan fingerprint density at radius 3 is 2.81 bits per heavy atom. The summed E-state index contributed by atoms with van der Waals surface area (Å²) in [5.74, 6) is 0.489. The highest BCUT2D eigenvalue weighted by molar-refractivity contribution is 7.15. The van der Waals surface area contributed by atoms with Crippen LogP contribution < -0.4 is 15.4 Å². The van der Waals surface area contributed by atoms with Crippen molar-refractivity contribution in [2.75, 3.05) is 24.3 Å². The number of carbonyl (C=O) groups is 1. The number of ether oxygens (including phenoxy) is 1. The van der Waals surface area contributed by atoms with Gasteiger partial charge in [-0.2, -0.15) is 0 Å². The number of rotatable bonds is 7. The van der Waals surface area contributed by atoms with Crippen LogP contribution in [0.1, 0.15) is 10.4 Å². The van der Waals surface area contributed by atoms with Gasteiger partial charge in [-0.3, -0.25) is 4.79 Å². The molecule has 0 fully saturated rings. The number of para-hydroxylation sites is 2. The molecule has 3 rings (SSSR count). The van der Waals surface area contributed by atoms with E-state index in [2.05, 4.69) is 15.6 Å². The van der Waals surface area contributed by atoms with Crippen molar-refractivity contribution in [1.29, 1.82) is 0 Å². The molecule has 140 valence electrons. The molecular formula is C19H17Cl2N3O2S. The van der Waals surface area contributed by atoms with Gasteiger partial charge in [-0.15, -0.1) is 11.3 Å². The summed E-state index contributed by atoms with van der Waals surface area (Å²) in [6.45, 7) is 0.107. The lowest BCUT2D eigenvalue weighted by molar-refractivity contribution is -0.114. The first kappa shape index (κ1) is 19.5. The number of nitrogens with zero attached hydrogens (tertiary/aromatic N) is 1. The van der Waals surface area contributed by atoms with Gasteiger partial charge in [-0.1, -0.05) is 47.5 Å². The molecule has 0 saturated carbocycles. The number of hydrogen-bond acceptors (Lipinski definition) is 5. The highest BCUT2D eigenvalue weighted by Gasteiger charge is 2.11. The minimum absolute atomic E-state index is 0.107. The van der Waals surface area contributed by atoms with E-state index >= 15 is 0 Å². The number of anilines is 2. The van der Waals surface area contributed by atoms with Gasteiger partial charge in [0.2, 0.25) is 5.91 Å². The normalized spacial score (nSPS) is 10.5. The minimum Gasteiger partial charge on any atom is -0.495 e. The first-order valence-corrected chi connectivity index (χ1v) is 9.68. The number of thiazole rings is 1. The van der Waals surface area contributed by atoms with Gasteiger partial charge in [-0.05, 0) is 23.8 Å². The Labute approximate surface area is 171 Å². The van der Waals surface area contributed by atoms with Crippen molar-refractivity contribution in [2.45, 2.75) is 6.42 Å². The van der Waals surface area contributed by atoms with E-state index in [1.54, 1.807) is 19.4 Å². The average Bonchev–Trinajstić information content (AvgIpc) is 3.11. The van der Waals surface area contributed by atoms with E-state index in [1.807, 2.05) is 36.4 Å². The molecular weight excluding hydrogens is 405 g/mol. The number of hydrogen-bond donors (Lipinski definition) is 2. The van der Waals surface area contributed by atoms with Gasteiger partial charge in [0.15, 0.2) is 5.13 Å². The van der Waals surface area contributed by atoms with Crippen LogP contribution in [0.4, 0.5) is 10.8 Å². The second kappa shape index (κ2) is 9.08. The summed E-state index contributed by atoms with van der Waals surface area (Å²) in [6, 6.07) is 12.9. The Kier molecular flexibility index (Phi) is 6.55. The molecule has 0 radical (unpaired) electrons. The highest BCUT2D eigenvalue weighted by atomic mass is 35.5. The summed E-state index contributed by atoms with van der Waals surface area (Å²) < 4.78 is 5.25. The lowest BCUT2D eigenvalue weighted by Gasteiger charge is -2.10. The Hall–Kier alpha value is -2.28. The summed E-state index contributed by atoms with van der Waals surface area (Å²) in [6.07, 6.45) is 2.33. The quantitative estimate of drug-likeness (QED) is 0.556. The van der Waals surface area contributed by atoms with Crippen molar-refractivity contribution in [3.8, 4) is 5.75 Å². The smallest absolute Gasteiger partial charge is 0.245 e. The third kappa shape index (κ3) is 5.13. The summed E-state index contributed by atoms with van der Waals surface area (Å²) in [5.41, 5.74) is 1.68. The van der Waals surface area contributed by atoms with Crippen LogP contribution in [0.25, 0.3) is 0 Å². The maximum Gasteiger partial charge on any atom is 0.245 e. The van der Waals surface area contributed by atoms with Gasteiger partial charge < -0.3 is 15.4 Å². The molecule has 5 nitrogen and oxygen atoms in total. The van der Waals surface area contributed by atoms with Gasteiger partial charge in [0.1, 0.15) is 5.75 Å². The topological polar surface area (TPSA) is 63.2 Å². The van der Waals surface area contributed by atoms with Crippen molar-refractivity contribution in [3.63, 3.8) is 0 Å². The second-order valence-electron chi connectivity index (χ2n) is 5.62. The van der Waals surface area contributed by atoms with Gasteiger partial charge in [0, 0.05) is 17.5 Å². The molecule has 27 heavy (non-hydrogen) atoms. The summed E-state index contributed by atoms with van der Waals surface area (Å²) in [7, 11) is 1.59. The molecule has 0 aliphatic carbocycles. The molecule has 1 heterocycles. The van der Waals surface area contributed by atoms with Crippen molar-refractivity contribution < 1.29 is 9.53 Å². The minimum atomic E-state index is -0.192. The van der Waals surface area contributed by atoms with Crippen LogP contribution in [0.3, 0.4) is 0 Å². The van der Waals surface area contributed by atoms with Crippen LogP contribution in [0.15, 0.2) is 48.7 Å². The predicted octanol–water partition coefficient (Wildman–Crippen LogP) is 5.10. The molecule has 0 atom stereocenters. The number of halogens is 2. The Morgan fingerprint density at radius 2 is 2.00 bits per heavy atom. The van der Waals surface area contributed by atoms with Crippen LogP contribution in [0.2, 0.25) is 10.0 Å². The molecule has 0 bridgehead atoms. The fourth-order valence-electron chi connectivity index (χ4n) is 2.45.